The topological polar surface area (TPSA) is 64.1 Å². The summed E-state index contributed by atoms with van der Waals surface area (Å²) in [5.74, 6) is 0. The second-order valence-corrected chi connectivity index (χ2v) is 2.49. The third-order valence-corrected chi connectivity index (χ3v) is 1.54. The highest BCUT2D eigenvalue weighted by molar-refractivity contribution is 5.56. The van der Waals surface area contributed by atoms with Gasteiger partial charge in [0.15, 0.2) is 0 Å². The van der Waals surface area contributed by atoms with E-state index in [1.165, 1.54) is 0 Å². The molecule has 3 nitrogen and oxygen atoms in total. The molecule has 0 heterocycles. The van der Waals surface area contributed by atoms with Crippen LogP contribution in [0.2, 0.25) is 0 Å². The predicted octanol–water partition coefficient (Wildman–Crippen LogP) is 0.570. The Morgan fingerprint density at radius 2 is 2.09 bits per heavy atom. The first-order chi connectivity index (χ1) is 5.24. The number of rotatable bonds is 2. The molecule has 60 valence electrons. The van der Waals surface area contributed by atoms with E-state index in [0.717, 1.165) is 17.8 Å². The maximum atomic E-state index is 5.69. The van der Waals surface area contributed by atoms with E-state index in [0.29, 0.717) is 5.69 Å². The van der Waals surface area contributed by atoms with Crippen molar-refractivity contribution in [2.45, 2.75) is 6.54 Å². The van der Waals surface area contributed by atoms with Gasteiger partial charge in [0.2, 0.25) is 0 Å². The van der Waals surface area contributed by atoms with Crippen LogP contribution in [0.15, 0.2) is 18.2 Å². The fraction of sp³-hybridized carbons (Fsp3) is 0.250. The SMILES string of the molecule is CNCc1ccc(N)cc1N. The van der Waals surface area contributed by atoms with Crippen molar-refractivity contribution in [3.8, 4) is 0 Å². The Morgan fingerprint density at radius 3 is 2.64 bits per heavy atom. The first kappa shape index (κ1) is 7.88. The molecule has 0 radical (unpaired) electrons. The van der Waals surface area contributed by atoms with Gasteiger partial charge in [0.25, 0.3) is 0 Å². The van der Waals surface area contributed by atoms with Gasteiger partial charge in [0.1, 0.15) is 0 Å². The minimum Gasteiger partial charge on any atom is -0.399 e. The second kappa shape index (κ2) is 3.25. The van der Waals surface area contributed by atoms with E-state index in [2.05, 4.69) is 5.32 Å². The second-order valence-electron chi connectivity index (χ2n) is 2.49. The van der Waals surface area contributed by atoms with E-state index in [-0.39, 0.29) is 0 Å². The standard InChI is InChI=1S/C8H13N3/c1-11-5-6-2-3-7(9)4-8(6)10/h2-4,11H,5,9-10H2,1H3. The van der Waals surface area contributed by atoms with Crippen LogP contribution in [0, 0.1) is 0 Å². The molecule has 0 amide bonds. The van der Waals surface area contributed by atoms with Crippen molar-refractivity contribution in [2.75, 3.05) is 18.5 Å². The lowest BCUT2D eigenvalue weighted by atomic mass is 10.1. The molecule has 0 aliphatic heterocycles. The van der Waals surface area contributed by atoms with Gasteiger partial charge in [0, 0.05) is 17.9 Å². The zero-order chi connectivity index (χ0) is 8.27. The van der Waals surface area contributed by atoms with Crippen molar-refractivity contribution >= 4 is 11.4 Å². The fourth-order valence-corrected chi connectivity index (χ4v) is 0.965. The van der Waals surface area contributed by atoms with Crippen molar-refractivity contribution in [2.24, 2.45) is 0 Å². The summed E-state index contributed by atoms with van der Waals surface area (Å²) in [6, 6.07) is 5.55. The Morgan fingerprint density at radius 1 is 1.36 bits per heavy atom. The Kier molecular flexibility index (Phi) is 2.33. The average Bonchev–Trinajstić information content (AvgIpc) is 1.95. The fourth-order valence-electron chi connectivity index (χ4n) is 0.965. The third kappa shape index (κ3) is 1.85. The van der Waals surface area contributed by atoms with E-state index >= 15 is 0 Å². The van der Waals surface area contributed by atoms with Gasteiger partial charge < -0.3 is 16.8 Å². The molecule has 1 rings (SSSR count). The zero-order valence-electron chi connectivity index (χ0n) is 6.59. The van der Waals surface area contributed by atoms with Crippen LogP contribution in [-0.4, -0.2) is 7.05 Å². The van der Waals surface area contributed by atoms with Crippen molar-refractivity contribution in [3.05, 3.63) is 23.8 Å². The van der Waals surface area contributed by atoms with Crippen molar-refractivity contribution in [1.82, 2.24) is 5.32 Å². The van der Waals surface area contributed by atoms with Crippen LogP contribution in [0.1, 0.15) is 5.56 Å². The van der Waals surface area contributed by atoms with Gasteiger partial charge in [-0.1, -0.05) is 6.07 Å². The van der Waals surface area contributed by atoms with E-state index in [1.54, 1.807) is 6.07 Å². The van der Waals surface area contributed by atoms with Gasteiger partial charge in [-0.2, -0.15) is 0 Å². The monoisotopic (exact) mass is 151 g/mol. The number of hydrogen-bond donors (Lipinski definition) is 3. The first-order valence-corrected chi connectivity index (χ1v) is 3.52. The largest absolute Gasteiger partial charge is 0.399 e. The van der Waals surface area contributed by atoms with Gasteiger partial charge in [0.05, 0.1) is 0 Å². The number of benzene rings is 1. The highest BCUT2D eigenvalue weighted by atomic mass is 14.8. The summed E-state index contributed by atoms with van der Waals surface area (Å²) in [4.78, 5) is 0. The first-order valence-electron chi connectivity index (χ1n) is 3.52. The summed E-state index contributed by atoms with van der Waals surface area (Å²) in [6.07, 6.45) is 0. The molecule has 0 saturated carbocycles. The summed E-state index contributed by atoms with van der Waals surface area (Å²) in [7, 11) is 1.88. The molecule has 0 unspecified atom stereocenters. The minimum absolute atomic E-state index is 0.711. The van der Waals surface area contributed by atoms with Crippen LogP contribution >= 0.6 is 0 Å². The predicted molar refractivity (Wildman–Crippen MR) is 48.0 cm³/mol. The molecule has 11 heavy (non-hydrogen) atoms. The van der Waals surface area contributed by atoms with E-state index in [4.69, 9.17) is 11.5 Å². The Bertz CT molecular complexity index is 245. The van der Waals surface area contributed by atoms with Gasteiger partial charge in [-0.25, -0.2) is 0 Å². The zero-order valence-corrected chi connectivity index (χ0v) is 6.59. The summed E-state index contributed by atoms with van der Waals surface area (Å²) in [5.41, 5.74) is 13.8. The lowest BCUT2D eigenvalue weighted by Crippen LogP contribution is -2.07. The number of nitrogens with one attached hydrogen (secondary N) is 1. The molecular weight excluding hydrogens is 138 g/mol. The number of nitrogen functional groups attached to an aromatic ring is 2. The summed E-state index contributed by atoms with van der Waals surface area (Å²) < 4.78 is 0. The van der Waals surface area contributed by atoms with E-state index in [1.807, 2.05) is 19.2 Å². The number of hydrogen-bond acceptors (Lipinski definition) is 3. The molecule has 3 heteroatoms. The van der Waals surface area contributed by atoms with Crippen LogP contribution in [0.5, 0.6) is 0 Å². The molecule has 0 atom stereocenters. The quantitative estimate of drug-likeness (QED) is 0.541. The third-order valence-electron chi connectivity index (χ3n) is 1.54. The lowest BCUT2D eigenvalue weighted by Gasteiger charge is -2.04. The van der Waals surface area contributed by atoms with Crippen molar-refractivity contribution in [3.63, 3.8) is 0 Å². The molecule has 5 N–H and O–H groups in total. The molecule has 0 aromatic heterocycles. The molecule has 0 bridgehead atoms. The highest BCUT2D eigenvalue weighted by Gasteiger charge is 1.96. The summed E-state index contributed by atoms with van der Waals surface area (Å²) in [5, 5.41) is 3.02. The molecular formula is C8H13N3. The van der Waals surface area contributed by atoms with Crippen LogP contribution < -0.4 is 16.8 Å². The smallest absolute Gasteiger partial charge is 0.0380 e. The van der Waals surface area contributed by atoms with Crippen LogP contribution in [-0.2, 0) is 6.54 Å². The molecule has 0 aliphatic carbocycles. The van der Waals surface area contributed by atoms with E-state index < -0.39 is 0 Å². The Balaban J connectivity index is 2.90. The Hall–Kier alpha value is -1.22. The average molecular weight is 151 g/mol. The molecule has 0 saturated heterocycles. The lowest BCUT2D eigenvalue weighted by molar-refractivity contribution is 0.820. The van der Waals surface area contributed by atoms with Gasteiger partial charge >= 0.3 is 0 Å². The number of anilines is 2. The van der Waals surface area contributed by atoms with Crippen LogP contribution in [0.4, 0.5) is 11.4 Å². The van der Waals surface area contributed by atoms with Gasteiger partial charge in [-0.05, 0) is 24.7 Å². The van der Waals surface area contributed by atoms with Crippen LogP contribution in [0.25, 0.3) is 0 Å². The maximum Gasteiger partial charge on any atom is 0.0380 e. The van der Waals surface area contributed by atoms with E-state index in [9.17, 15) is 0 Å². The minimum atomic E-state index is 0.711. The summed E-state index contributed by atoms with van der Waals surface area (Å²) in [6.45, 7) is 0.784. The van der Waals surface area contributed by atoms with Gasteiger partial charge in [-0.15, -0.1) is 0 Å². The van der Waals surface area contributed by atoms with Gasteiger partial charge in [-0.3, -0.25) is 0 Å². The summed E-state index contributed by atoms with van der Waals surface area (Å²) >= 11 is 0. The molecule has 0 aliphatic rings. The molecule has 1 aromatic rings. The Labute approximate surface area is 66.4 Å². The normalized spacial score (nSPS) is 9.91. The highest BCUT2D eigenvalue weighted by Crippen LogP contribution is 2.14. The van der Waals surface area contributed by atoms with Crippen LogP contribution in [0.3, 0.4) is 0 Å². The molecule has 0 spiro atoms. The number of nitrogens with two attached hydrogens (primary N) is 2. The maximum absolute atomic E-state index is 5.69. The molecule has 0 fully saturated rings. The van der Waals surface area contributed by atoms with Crippen molar-refractivity contribution < 1.29 is 0 Å². The van der Waals surface area contributed by atoms with Crippen molar-refractivity contribution in [1.29, 1.82) is 0 Å². The molecule has 1 aromatic carbocycles.